The van der Waals surface area contributed by atoms with Gasteiger partial charge in [0.25, 0.3) is 5.91 Å². The highest BCUT2D eigenvalue weighted by atomic mass is 16.5. The summed E-state index contributed by atoms with van der Waals surface area (Å²) in [6.45, 7) is 4.34. The van der Waals surface area contributed by atoms with Gasteiger partial charge in [0.05, 0.1) is 7.11 Å². The van der Waals surface area contributed by atoms with Gasteiger partial charge in [-0.3, -0.25) is 4.79 Å². The molecule has 0 aliphatic rings. The van der Waals surface area contributed by atoms with Gasteiger partial charge in [0.2, 0.25) is 0 Å². The molecule has 5 heteroatoms. The number of carbonyl (C=O) groups excluding carboxylic acids is 2. The Labute approximate surface area is 113 Å². The normalized spacial score (nSPS) is 11.5. The first-order chi connectivity index (χ1) is 9.12. The Bertz CT molecular complexity index is 446. The number of carbonyl (C=O) groups is 2. The molecule has 19 heavy (non-hydrogen) atoms. The molecule has 0 aromatic heterocycles. The fraction of sp³-hybridized carbons (Fsp3) is 0.429. The number of rotatable bonds is 6. The van der Waals surface area contributed by atoms with Crippen molar-refractivity contribution in [3.8, 4) is 0 Å². The lowest BCUT2D eigenvalue weighted by Crippen LogP contribution is -2.30. The van der Waals surface area contributed by atoms with Gasteiger partial charge in [-0.15, -0.1) is 0 Å². The van der Waals surface area contributed by atoms with E-state index in [2.05, 4.69) is 10.6 Å². The molecule has 0 bridgehead atoms. The smallest absolute Gasteiger partial charge is 0.328 e. The van der Waals surface area contributed by atoms with Crippen LogP contribution in [0.1, 0.15) is 30.6 Å². The summed E-state index contributed by atoms with van der Waals surface area (Å²) in [7, 11) is 1.36. The molecule has 0 radical (unpaired) electrons. The van der Waals surface area contributed by atoms with E-state index in [0.29, 0.717) is 18.5 Å². The van der Waals surface area contributed by atoms with Crippen molar-refractivity contribution < 1.29 is 14.3 Å². The summed E-state index contributed by atoms with van der Waals surface area (Å²) in [5, 5.41) is 5.79. The maximum Gasteiger partial charge on any atom is 0.328 e. The third-order valence-corrected chi connectivity index (χ3v) is 2.70. The number of ether oxygens (including phenoxy) is 1. The molecular weight excluding hydrogens is 244 g/mol. The van der Waals surface area contributed by atoms with E-state index in [1.165, 1.54) is 7.11 Å². The number of hydrogen-bond acceptors (Lipinski definition) is 4. The predicted molar refractivity (Wildman–Crippen MR) is 74.2 cm³/mol. The van der Waals surface area contributed by atoms with Gasteiger partial charge in [-0.25, -0.2) is 4.79 Å². The maximum atomic E-state index is 11.7. The van der Waals surface area contributed by atoms with Crippen molar-refractivity contribution in [2.75, 3.05) is 19.0 Å². The topological polar surface area (TPSA) is 67.4 Å². The first kappa shape index (κ1) is 15.0. The molecule has 1 aromatic carbocycles. The van der Waals surface area contributed by atoms with E-state index in [-0.39, 0.29) is 11.9 Å². The average molecular weight is 264 g/mol. The Morgan fingerprint density at radius 1 is 1.32 bits per heavy atom. The monoisotopic (exact) mass is 264 g/mol. The number of anilines is 1. The highest BCUT2D eigenvalue weighted by Gasteiger charge is 2.16. The fourth-order valence-corrected chi connectivity index (χ4v) is 1.68. The van der Waals surface area contributed by atoms with E-state index >= 15 is 0 Å². The number of nitrogens with one attached hydrogen (secondary N) is 2. The van der Waals surface area contributed by atoms with Crippen molar-refractivity contribution in [1.29, 1.82) is 0 Å². The quantitative estimate of drug-likeness (QED) is 0.769. The molecule has 0 fully saturated rings. The van der Waals surface area contributed by atoms with Crippen LogP contribution in [0.3, 0.4) is 0 Å². The van der Waals surface area contributed by atoms with Crippen LogP contribution in [-0.2, 0) is 9.53 Å². The van der Waals surface area contributed by atoms with E-state index in [0.717, 1.165) is 5.69 Å². The van der Waals surface area contributed by atoms with Gasteiger partial charge in [-0.05, 0) is 31.5 Å². The third-order valence-electron chi connectivity index (χ3n) is 2.70. The van der Waals surface area contributed by atoms with Crippen LogP contribution in [0.4, 0.5) is 5.69 Å². The van der Waals surface area contributed by atoms with Crippen molar-refractivity contribution in [2.45, 2.75) is 26.3 Å². The molecule has 104 valence electrons. The van der Waals surface area contributed by atoms with Gasteiger partial charge in [-0.1, -0.05) is 13.0 Å². The van der Waals surface area contributed by atoms with Crippen LogP contribution in [-0.4, -0.2) is 31.6 Å². The van der Waals surface area contributed by atoms with Crippen LogP contribution < -0.4 is 10.6 Å². The van der Waals surface area contributed by atoms with Gasteiger partial charge in [0.1, 0.15) is 6.04 Å². The first-order valence-electron chi connectivity index (χ1n) is 6.35. The Balaban J connectivity index is 2.81. The minimum absolute atomic E-state index is 0.128. The second-order valence-electron chi connectivity index (χ2n) is 4.07. The van der Waals surface area contributed by atoms with Gasteiger partial charge in [0.15, 0.2) is 0 Å². The Morgan fingerprint density at radius 2 is 2.05 bits per heavy atom. The molecule has 1 aromatic rings. The number of amides is 1. The molecule has 0 saturated carbocycles. The SMILES string of the molecule is CCNC(=O)c1cccc(NC(CC)C(=O)OC)c1. The Hall–Kier alpha value is -2.04. The van der Waals surface area contributed by atoms with E-state index in [4.69, 9.17) is 4.74 Å². The van der Waals surface area contributed by atoms with Gasteiger partial charge in [0, 0.05) is 17.8 Å². The first-order valence-corrected chi connectivity index (χ1v) is 6.35. The van der Waals surface area contributed by atoms with Crippen molar-refractivity contribution in [1.82, 2.24) is 5.32 Å². The second kappa shape index (κ2) is 7.41. The van der Waals surface area contributed by atoms with Crippen molar-refractivity contribution in [3.63, 3.8) is 0 Å². The van der Waals surface area contributed by atoms with Gasteiger partial charge < -0.3 is 15.4 Å². The van der Waals surface area contributed by atoms with Crippen molar-refractivity contribution >= 4 is 17.6 Å². The minimum atomic E-state index is -0.408. The minimum Gasteiger partial charge on any atom is -0.467 e. The number of esters is 1. The lowest BCUT2D eigenvalue weighted by molar-refractivity contribution is -0.141. The number of methoxy groups -OCH3 is 1. The molecule has 0 aliphatic carbocycles. The highest BCUT2D eigenvalue weighted by Crippen LogP contribution is 2.13. The van der Waals surface area contributed by atoms with Gasteiger partial charge >= 0.3 is 5.97 Å². The zero-order chi connectivity index (χ0) is 14.3. The molecule has 5 nitrogen and oxygen atoms in total. The second-order valence-corrected chi connectivity index (χ2v) is 4.07. The zero-order valence-corrected chi connectivity index (χ0v) is 11.5. The van der Waals surface area contributed by atoms with E-state index in [1.807, 2.05) is 19.9 Å². The number of benzene rings is 1. The van der Waals surface area contributed by atoms with Crippen molar-refractivity contribution in [3.05, 3.63) is 29.8 Å². The van der Waals surface area contributed by atoms with Crippen LogP contribution in [0.5, 0.6) is 0 Å². The van der Waals surface area contributed by atoms with E-state index < -0.39 is 6.04 Å². The molecule has 1 amide bonds. The Kier molecular flexibility index (Phi) is 5.85. The van der Waals surface area contributed by atoms with Crippen LogP contribution in [0, 0.1) is 0 Å². The molecule has 0 aliphatic heterocycles. The third kappa shape index (κ3) is 4.28. The van der Waals surface area contributed by atoms with E-state index in [1.54, 1.807) is 18.2 Å². The lowest BCUT2D eigenvalue weighted by Gasteiger charge is -2.16. The molecule has 1 unspecified atom stereocenters. The summed E-state index contributed by atoms with van der Waals surface area (Å²) < 4.78 is 4.71. The standard InChI is InChI=1S/C14H20N2O3/c1-4-12(14(18)19-3)16-11-8-6-7-10(9-11)13(17)15-5-2/h6-9,12,16H,4-5H2,1-3H3,(H,15,17). The molecule has 1 rings (SSSR count). The molecule has 2 N–H and O–H groups in total. The van der Waals surface area contributed by atoms with Crippen LogP contribution in [0.2, 0.25) is 0 Å². The summed E-state index contributed by atoms with van der Waals surface area (Å²) in [5.74, 6) is -0.442. The molecule has 1 atom stereocenters. The molecule has 0 heterocycles. The summed E-state index contributed by atoms with van der Waals surface area (Å²) in [6.07, 6.45) is 0.609. The van der Waals surface area contributed by atoms with Crippen molar-refractivity contribution in [2.24, 2.45) is 0 Å². The lowest BCUT2D eigenvalue weighted by atomic mass is 10.1. The summed E-state index contributed by atoms with van der Waals surface area (Å²) in [4.78, 5) is 23.2. The Morgan fingerprint density at radius 3 is 2.63 bits per heavy atom. The molecule has 0 spiro atoms. The molecule has 0 saturated heterocycles. The van der Waals surface area contributed by atoms with Crippen LogP contribution >= 0.6 is 0 Å². The fourth-order valence-electron chi connectivity index (χ4n) is 1.68. The largest absolute Gasteiger partial charge is 0.467 e. The molecular formula is C14H20N2O3. The summed E-state index contributed by atoms with van der Waals surface area (Å²) in [5.41, 5.74) is 1.28. The van der Waals surface area contributed by atoms with Crippen LogP contribution in [0.15, 0.2) is 24.3 Å². The van der Waals surface area contributed by atoms with Gasteiger partial charge in [-0.2, -0.15) is 0 Å². The maximum absolute atomic E-state index is 11.7. The zero-order valence-electron chi connectivity index (χ0n) is 11.5. The number of hydrogen-bond donors (Lipinski definition) is 2. The van der Waals surface area contributed by atoms with E-state index in [9.17, 15) is 9.59 Å². The average Bonchev–Trinajstić information content (AvgIpc) is 2.44. The summed E-state index contributed by atoms with van der Waals surface area (Å²) in [6, 6.07) is 6.63. The predicted octanol–water partition coefficient (Wildman–Crippen LogP) is 1.80. The van der Waals surface area contributed by atoms with Crippen LogP contribution in [0.25, 0.3) is 0 Å². The highest BCUT2D eigenvalue weighted by molar-refractivity contribution is 5.95. The summed E-state index contributed by atoms with van der Waals surface area (Å²) >= 11 is 0.